The molecule has 4 N–H and O–H groups in total. The molecule has 0 unspecified atom stereocenters. The van der Waals surface area contributed by atoms with E-state index in [-0.39, 0.29) is 24.7 Å². The fraction of sp³-hybridized carbons (Fsp3) is 0.583. The van der Waals surface area contributed by atoms with Crippen molar-refractivity contribution in [3.8, 4) is 5.88 Å². The second-order valence-electron chi connectivity index (χ2n) is 5.04. The molecule has 0 radical (unpaired) electrons. The van der Waals surface area contributed by atoms with Gasteiger partial charge in [0.25, 0.3) is 0 Å². The van der Waals surface area contributed by atoms with Crippen molar-refractivity contribution in [3.63, 3.8) is 0 Å². The first kappa shape index (κ1) is 13.1. The molecule has 0 spiro atoms. The van der Waals surface area contributed by atoms with Gasteiger partial charge in [-0.3, -0.25) is 4.57 Å². The van der Waals surface area contributed by atoms with Crippen molar-refractivity contribution >= 4 is 17.1 Å². The molecular formula is C12H17N5O3. The fourth-order valence-corrected chi connectivity index (χ4v) is 2.61. The third-order valence-electron chi connectivity index (χ3n) is 3.90. The summed E-state index contributed by atoms with van der Waals surface area (Å²) in [4.78, 5) is 11.9. The number of ether oxygens (including phenoxy) is 1. The minimum Gasteiger partial charge on any atom is -0.492 e. The Kier molecular flexibility index (Phi) is 2.98. The molecule has 2 aromatic rings. The maximum atomic E-state index is 9.72. The topological polar surface area (TPSA) is 119 Å². The molecule has 1 aliphatic rings. The quantitative estimate of drug-likeness (QED) is 0.751. The van der Waals surface area contributed by atoms with Crippen LogP contribution in [0, 0.1) is 0 Å². The van der Waals surface area contributed by atoms with Crippen molar-refractivity contribution in [1.82, 2.24) is 19.5 Å². The van der Waals surface area contributed by atoms with E-state index in [0.717, 1.165) is 19.3 Å². The van der Waals surface area contributed by atoms with Gasteiger partial charge in [-0.15, -0.1) is 0 Å². The number of aromatic hydroxyl groups is 1. The Bertz CT molecular complexity index is 637. The second kappa shape index (κ2) is 4.57. The molecule has 1 saturated heterocycles. The van der Waals surface area contributed by atoms with E-state index in [1.807, 2.05) is 6.92 Å². The van der Waals surface area contributed by atoms with Crippen LogP contribution >= 0.6 is 0 Å². The molecule has 3 heterocycles. The number of anilines is 1. The first-order valence-electron chi connectivity index (χ1n) is 6.56. The number of imidazole rings is 1. The first-order chi connectivity index (χ1) is 9.58. The molecule has 2 aromatic heterocycles. The van der Waals surface area contributed by atoms with Gasteiger partial charge >= 0.3 is 0 Å². The Hall–Kier alpha value is -1.93. The Balaban J connectivity index is 2.00. The van der Waals surface area contributed by atoms with Gasteiger partial charge in [-0.1, -0.05) is 6.92 Å². The molecule has 3 rings (SSSR count). The zero-order valence-electron chi connectivity index (χ0n) is 11.2. The van der Waals surface area contributed by atoms with Crippen LogP contribution in [0.4, 0.5) is 5.95 Å². The van der Waals surface area contributed by atoms with E-state index in [0.29, 0.717) is 11.2 Å². The zero-order chi connectivity index (χ0) is 14.3. The first-order valence-corrected chi connectivity index (χ1v) is 6.56. The van der Waals surface area contributed by atoms with Gasteiger partial charge < -0.3 is 20.7 Å². The predicted molar refractivity (Wildman–Crippen MR) is 70.9 cm³/mol. The van der Waals surface area contributed by atoms with Crippen LogP contribution in [0.5, 0.6) is 5.88 Å². The molecule has 1 aliphatic heterocycles. The SMILES string of the molecule is CC[C@@]1(CO)CC[C@H](n2cnc3c(O)nc(N)nc32)O1. The molecule has 0 amide bonds. The second-order valence-corrected chi connectivity index (χ2v) is 5.04. The summed E-state index contributed by atoms with van der Waals surface area (Å²) < 4.78 is 7.69. The standard InChI is InChI=1S/C12H17N5O3/c1-2-12(5-18)4-3-7(20-12)17-6-14-8-9(17)15-11(13)16-10(8)19/h6-7,18H,2-5H2,1H3,(H3,13,15,16,19)/t7-,12+/m1/s1. The molecule has 0 aromatic carbocycles. The summed E-state index contributed by atoms with van der Waals surface area (Å²) in [6.07, 6.45) is 3.50. The van der Waals surface area contributed by atoms with E-state index in [2.05, 4.69) is 15.0 Å². The lowest BCUT2D eigenvalue weighted by molar-refractivity contribution is -0.0984. The van der Waals surface area contributed by atoms with Crippen molar-refractivity contribution in [3.05, 3.63) is 6.33 Å². The molecule has 0 saturated carbocycles. The van der Waals surface area contributed by atoms with Crippen LogP contribution in [-0.2, 0) is 4.74 Å². The van der Waals surface area contributed by atoms with Crippen LogP contribution in [0.15, 0.2) is 6.33 Å². The summed E-state index contributed by atoms with van der Waals surface area (Å²) in [5.41, 5.74) is 5.77. The number of aliphatic hydroxyl groups is 1. The van der Waals surface area contributed by atoms with Gasteiger partial charge in [0.15, 0.2) is 11.2 Å². The summed E-state index contributed by atoms with van der Waals surface area (Å²) in [5.74, 6) is -0.258. The third-order valence-corrected chi connectivity index (χ3v) is 3.90. The van der Waals surface area contributed by atoms with Gasteiger partial charge in [-0.25, -0.2) is 4.98 Å². The largest absolute Gasteiger partial charge is 0.492 e. The van der Waals surface area contributed by atoms with E-state index in [1.54, 1.807) is 10.9 Å². The summed E-state index contributed by atoms with van der Waals surface area (Å²) in [5, 5.41) is 19.2. The van der Waals surface area contributed by atoms with Crippen LogP contribution in [0.1, 0.15) is 32.4 Å². The Morgan fingerprint density at radius 2 is 2.35 bits per heavy atom. The smallest absolute Gasteiger partial charge is 0.244 e. The Labute approximate surface area is 115 Å². The highest BCUT2D eigenvalue weighted by Crippen LogP contribution is 2.39. The Morgan fingerprint density at radius 1 is 1.55 bits per heavy atom. The van der Waals surface area contributed by atoms with Crippen molar-refractivity contribution in [2.75, 3.05) is 12.3 Å². The van der Waals surface area contributed by atoms with Crippen LogP contribution in [-0.4, -0.2) is 41.9 Å². The average molecular weight is 279 g/mol. The minimum absolute atomic E-state index is 0.0151. The monoisotopic (exact) mass is 279 g/mol. The van der Waals surface area contributed by atoms with E-state index in [4.69, 9.17) is 10.5 Å². The number of nitrogen functional groups attached to an aromatic ring is 1. The summed E-state index contributed by atoms with van der Waals surface area (Å²) in [6, 6.07) is 0. The van der Waals surface area contributed by atoms with Gasteiger partial charge in [-0.05, 0) is 19.3 Å². The van der Waals surface area contributed by atoms with Gasteiger partial charge in [0.2, 0.25) is 11.8 Å². The lowest BCUT2D eigenvalue weighted by atomic mass is 9.98. The molecule has 1 fully saturated rings. The summed E-state index contributed by atoms with van der Waals surface area (Å²) in [7, 11) is 0. The number of nitrogens with zero attached hydrogens (tertiary/aromatic N) is 4. The lowest BCUT2D eigenvalue weighted by Gasteiger charge is -2.25. The van der Waals surface area contributed by atoms with Crippen LogP contribution in [0.25, 0.3) is 11.2 Å². The van der Waals surface area contributed by atoms with Crippen molar-refractivity contribution in [2.45, 2.75) is 38.0 Å². The van der Waals surface area contributed by atoms with Gasteiger partial charge in [0.1, 0.15) is 6.23 Å². The highest BCUT2D eigenvalue weighted by molar-refractivity contribution is 5.77. The maximum absolute atomic E-state index is 9.72. The molecular weight excluding hydrogens is 262 g/mol. The molecule has 0 bridgehead atoms. The van der Waals surface area contributed by atoms with E-state index < -0.39 is 5.60 Å². The van der Waals surface area contributed by atoms with Crippen LogP contribution in [0.2, 0.25) is 0 Å². The van der Waals surface area contributed by atoms with Crippen LogP contribution in [0.3, 0.4) is 0 Å². The predicted octanol–water partition coefficient (Wildman–Crippen LogP) is 0.564. The summed E-state index contributed by atoms with van der Waals surface area (Å²) in [6.45, 7) is 1.96. The Morgan fingerprint density at radius 3 is 3.00 bits per heavy atom. The minimum atomic E-state index is -0.512. The van der Waals surface area contributed by atoms with Crippen LogP contribution < -0.4 is 5.73 Å². The molecule has 0 aliphatic carbocycles. The zero-order valence-corrected chi connectivity index (χ0v) is 11.2. The van der Waals surface area contributed by atoms with E-state index >= 15 is 0 Å². The lowest BCUT2D eigenvalue weighted by Crippen LogP contribution is -2.32. The maximum Gasteiger partial charge on any atom is 0.244 e. The van der Waals surface area contributed by atoms with Crippen molar-refractivity contribution < 1.29 is 14.9 Å². The number of nitrogens with two attached hydrogens (primary N) is 1. The molecule has 20 heavy (non-hydrogen) atoms. The third kappa shape index (κ3) is 1.88. The summed E-state index contributed by atoms with van der Waals surface area (Å²) >= 11 is 0. The number of hydrogen-bond acceptors (Lipinski definition) is 7. The van der Waals surface area contributed by atoms with Gasteiger partial charge in [0.05, 0.1) is 18.5 Å². The highest BCUT2D eigenvalue weighted by atomic mass is 16.5. The number of fused-ring (bicyclic) bond motifs is 1. The van der Waals surface area contributed by atoms with E-state index in [1.165, 1.54) is 0 Å². The van der Waals surface area contributed by atoms with Gasteiger partial charge in [-0.2, -0.15) is 9.97 Å². The highest BCUT2D eigenvalue weighted by Gasteiger charge is 2.39. The molecule has 8 heteroatoms. The molecule has 8 nitrogen and oxygen atoms in total. The van der Waals surface area contributed by atoms with Gasteiger partial charge in [0, 0.05) is 0 Å². The molecule has 2 atom stereocenters. The number of hydrogen-bond donors (Lipinski definition) is 3. The van der Waals surface area contributed by atoms with Crippen molar-refractivity contribution in [1.29, 1.82) is 0 Å². The number of aromatic nitrogens is 4. The number of rotatable bonds is 3. The molecule has 108 valence electrons. The van der Waals surface area contributed by atoms with E-state index in [9.17, 15) is 10.2 Å². The van der Waals surface area contributed by atoms with Crippen molar-refractivity contribution in [2.24, 2.45) is 0 Å². The number of aliphatic hydroxyl groups excluding tert-OH is 1. The fourth-order valence-electron chi connectivity index (χ4n) is 2.61. The average Bonchev–Trinajstić information content (AvgIpc) is 3.02. The normalized spacial score (nSPS) is 26.4.